The smallest absolute Gasteiger partial charge is 0.237 e. The number of hydrogen-bond donors (Lipinski definition) is 0. The maximum Gasteiger partial charge on any atom is 0.237 e. The first-order chi connectivity index (χ1) is 44.7. The van der Waals surface area contributed by atoms with Crippen LogP contribution in [0.25, 0.3) is 0 Å². The molecular formula is C73H90Cl2N10O8. The zero-order valence-corrected chi connectivity index (χ0v) is 57.0. The van der Waals surface area contributed by atoms with Crippen molar-refractivity contribution in [3.63, 3.8) is 0 Å². The van der Waals surface area contributed by atoms with E-state index in [9.17, 15) is 19.2 Å². The van der Waals surface area contributed by atoms with Crippen molar-refractivity contribution in [2.24, 2.45) is 11.8 Å². The predicted molar refractivity (Wildman–Crippen MR) is 367 cm³/mol. The highest BCUT2D eigenvalue weighted by molar-refractivity contribution is 6.30. The largest absolute Gasteiger partial charge is 0.493 e. The Morgan fingerprint density at radius 2 is 1.00 bits per heavy atom. The highest BCUT2D eigenvalue weighted by Crippen LogP contribution is 2.46. The Bertz CT molecular complexity index is 3600. The molecule has 20 heteroatoms. The van der Waals surface area contributed by atoms with E-state index in [1.807, 2.05) is 136 Å². The summed E-state index contributed by atoms with van der Waals surface area (Å²) >= 11 is 12.5. The molecule has 2 saturated heterocycles. The van der Waals surface area contributed by atoms with Crippen LogP contribution in [0.4, 0.5) is 23.0 Å². The number of amides is 4. The molecule has 0 radical (unpaired) electrons. The molecule has 2 saturated carbocycles. The molecule has 494 valence electrons. The lowest BCUT2D eigenvalue weighted by molar-refractivity contribution is -0.135. The minimum Gasteiger partial charge on any atom is -0.493 e. The second kappa shape index (κ2) is 29.3. The number of nitrogens with zero attached hydrogens (tertiary/aromatic N) is 10. The van der Waals surface area contributed by atoms with Crippen molar-refractivity contribution in [2.75, 3.05) is 108 Å². The van der Waals surface area contributed by atoms with E-state index in [4.69, 9.17) is 52.1 Å². The molecule has 2 atom stereocenters. The number of carbonyl (C=O) groups excluding carboxylic acids is 4. The lowest BCUT2D eigenvalue weighted by Crippen LogP contribution is -2.53. The first-order valence-corrected chi connectivity index (χ1v) is 33.7. The zero-order chi connectivity index (χ0) is 65.8. The number of carbonyl (C=O) groups is 4. The van der Waals surface area contributed by atoms with Crippen LogP contribution >= 0.6 is 23.2 Å². The van der Waals surface area contributed by atoms with Crippen LogP contribution in [0.15, 0.2) is 109 Å². The van der Waals surface area contributed by atoms with Crippen molar-refractivity contribution in [2.45, 2.75) is 128 Å². The quantitative estimate of drug-likeness (QED) is 0.0800. The third kappa shape index (κ3) is 15.3. The van der Waals surface area contributed by atoms with Crippen LogP contribution in [-0.2, 0) is 32.0 Å². The number of aromatic nitrogens is 2. The monoisotopic (exact) mass is 1300 g/mol. The minimum absolute atomic E-state index is 0.0249. The summed E-state index contributed by atoms with van der Waals surface area (Å²) in [6.45, 7) is 13.4. The van der Waals surface area contributed by atoms with Gasteiger partial charge in [0.15, 0.2) is 28.8 Å². The number of piperazine rings is 1. The Labute approximate surface area is 558 Å². The summed E-state index contributed by atoms with van der Waals surface area (Å²) in [5, 5.41) is 1.27. The molecule has 93 heavy (non-hydrogen) atoms. The number of ether oxygens (including phenoxy) is 4. The summed E-state index contributed by atoms with van der Waals surface area (Å²) in [5.74, 6) is 5.34. The van der Waals surface area contributed by atoms with Gasteiger partial charge in [0.05, 0.1) is 83.5 Å². The van der Waals surface area contributed by atoms with Gasteiger partial charge in [0, 0.05) is 87.9 Å². The normalized spacial score (nSPS) is 22.0. The van der Waals surface area contributed by atoms with Gasteiger partial charge in [0.1, 0.15) is 5.82 Å². The maximum absolute atomic E-state index is 13.9. The van der Waals surface area contributed by atoms with Crippen LogP contribution in [0.2, 0.25) is 10.0 Å². The van der Waals surface area contributed by atoms with Crippen molar-refractivity contribution in [1.29, 1.82) is 0 Å². The molecular weight excluding hydrogens is 1220 g/mol. The molecule has 4 amide bonds. The van der Waals surface area contributed by atoms with Crippen LogP contribution in [0.5, 0.6) is 23.0 Å². The second-order valence-electron chi connectivity index (χ2n) is 26.7. The van der Waals surface area contributed by atoms with E-state index in [0.29, 0.717) is 75.9 Å². The van der Waals surface area contributed by atoms with Gasteiger partial charge in [-0.1, -0.05) is 47.5 Å². The lowest BCUT2D eigenvalue weighted by atomic mass is 9.84. The molecule has 4 fully saturated rings. The predicted octanol–water partition coefficient (Wildman–Crippen LogP) is 11.9. The van der Waals surface area contributed by atoms with Gasteiger partial charge in [-0.05, 0) is 197 Å². The number of anilines is 4. The first kappa shape index (κ1) is 66.8. The fraction of sp³-hybridized carbons (Fsp3) is 0.479. The number of likely N-dealkylation sites (N-methyl/N-ethyl adjacent to an activating group) is 2. The highest BCUT2D eigenvalue weighted by atomic mass is 35.5. The number of halogens is 2. The Morgan fingerprint density at radius 3 is 1.46 bits per heavy atom. The topological polar surface area (TPSA) is 157 Å². The van der Waals surface area contributed by atoms with Gasteiger partial charge in [0.25, 0.3) is 0 Å². The molecule has 0 spiro atoms. The Balaban J connectivity index is 0.000000190. The summed E-state index contributed by atoms with van der Waals surface area (Å²) in [4.78, 5) is 78.0. The van der Waals surface area contributed by atoms with Crippen LogP contribution in [0.1, 0.15) is 125 Å². The van der Waals surface area contributed by atoms with Crippen LogP contribution < -0.4 is 38.5 Å². The van der Waals surface area contributed by atoms with E-state index in [1.165, 1.54) is 12.8 Å². The van der Waals surface area contributed by atoms with Crippen molar-refractivity contribution in [1.82, 2.24) is 29.6 Å². The third-order valence-electron chi connectivity index (χ3n) is 19.5. The first-order valence-electron chi connectivity index (χ1n) is 32.9. The third-order valence-corrected chi connectivity index (χ3v) is 20.0. The summed E-state index contributed by atoms with van der Waals surface area (Å²) < 4.78 is 23.6. The molecule has 1 unspecified atom stereocenters. The Kier molecular flexibility index (Phi) is 21.1. The average molecular weight is 1310 g/mol. The molecule has 0 bridgehead atoms. The summed E-state index contributed by atoms with van der Waals surface area (Å²) in [5.41, 5.74) is 7.64. The highest BCUT2D eigenvalue weighted by Gasteiger charge is 2.40. The van der Waals surface area contributed by atoms with Crippen LogP contribution in [-0.4, -0.2) is 166 Å². The molecule has 6 aliphatic rings. The van der Waals surface area contributed by atoms with Gasteiger partial charge in [-0.15, -0.1) is 0 Å². The fourth-order valence-corrected chi connectivity index (χ4v) is 14.8. The zero-order valence-electron chi connectivity index (χ0n) is 55.5. The molecule has 5 heterocycles. The van der Waals surface area contributed by atoms with Crippen molar-refractivity contribution < 1.29 is 38.1 Å². The van der Waals surface area contributed by atoms with Gasteiger partial charge < -0.3 is 43.4 Å². The van der Waals surface area contributed by atoms with Crippen molar-refractivity contribution in [3.05, 3.63) is 153 Å². The van der Waals surface area contributed by atoms with Crippen LogP contribution in [0, 0.1) is 11.8 Å². The maximum atomic E-state index is 13.9. The number of methoxy groups -OCH3 is 2. The van der Waals surface area contributed by atoms with E-state index >= 15 is 0 Å². The van der Waals surface area contributed by atoms with E-state index in [1.54, 1.807) is 31.5 Å². The van der Waals surface area contributed by atoms with Gasteiger partial charge in [-0.25, -0.2) is 9.97 Å². The molecule has 4 aliphatic heterocycles. The lowest BCUT2D eigenvalue weighted by Gasteiger charge is -2.41. The summed E-state index contributed by atoms with van der Waals surface area (Å²) in [6.07, 6.45) is 12.9. The van der Waals surface area contributed by atoms with Gasteiger partial charge in [-0.2, -0.15) is 0 Å². The van der Waals surface area contributed by atoms with Gasteiger partial charge in [-0.3, -0.25) is 33.9 Å². The van der Waals surface area contributed by atoms with Crippen molar-refractivity contribution >= 4 is 69.8 Å². The molecule has 18 nitrogen and oxygen atoms in total. The van der Waals surface area contributed by atoms with Crippen LogP contribution in [0.3, 0.4) is 0 Å². The van der Waals surface area contributed by atoms with E-state index in [0.717, 1.165) is 122 Å². The molecule has 5 aromatic carbocycles. The summed E-state index contributed by atoms with van der Waals surface area (Å²) in [7, 11) is 11.2. The Morgan fingerprint density at radius 1 is 0.527 bits per heavy atom. The van der Waals surface area contributed by atoms with Gasteiger partial charge >= 0.3 is 0 Å². The Hall–Kier alpha value is -7.64. The second-order valence-corrected chi connectivity index (χ2v) is 27.5. The molecule has 0 N–H and O–H groups in total. The number of benzene rings is 5. The molecule has 1 aromatic heterocycles. The number of hydrogen-bond acceptors (Lipinski definition) is 14. The molecule has 2 aliphatic carbocycles. The van der Waals surface area contributed by atoms with E-state index in [-0.39, 0.29) is 54.7 Å². The fourth-order valence-electron chi connectivity index (χ4n) is 14.5. The van der Waals surface area contributed by atoms with E-state index < -0.39 is 6.04 Å². The van der Waals surface area contributed by atoms with E-state index in [2.05, 4.69) is 50.9 Å². The standard InChI is InChI=1S/C38H47ClN4O4.C35H43ClN6O4/c1-25(2)47-35-22-33-28(20-34(35)46-5)21-36(44)43(38(33)27-8-10-29(39)11-9-27)32-16-14-30(15-17-32)41(4)23-26-6-12-31(13-7-26)42-19-18-40(3)37(45)24-42;1-22(2)46-30-16-28-25(14-29(30)45-5)15-33(43)42(35(28)24-8-10-26(36)11-9-24)32-18-37-31(17-38-32)39(3)19-23-6-12-27(13-7-23)41-20-34(44)40(4)21-41/h8-11,14-17,20,22,25-26,31,38H,6-7,12-13,18-19,21,23-24H2,1-5H3;8-11,14,16-18,22-23,27,35H,6-7,12-13,15,19-21H2,1-5H3/t;23?,27?,35-/m.0/s1. The van der Waals surface area contributed by atoms with Gasteiger partial charge in [0.2, 0.25) is 23.6 Å². The van der Waals surface area contributed by atoms with Crippen molar-refractivity contribution in [3.8, 4) is 23.0 Å². The minimum atomic E-state index is -0.451. The SMILES string of the molecule is COc1cc2c(cc1OC(C)C)C(c1ccc(Cl)cc1)N(c1ccc(N(C)CC3CCC(N4CCN(C)C(=O)C4)CC3)cc1)C(=O)C2.COc1cc2c(cc1OC(C)C)[C@H](c1ccc(Cl)cc1)N(c1cnc(N(C)CC3CCC(N4CC(=O)N(C)C4)CC3)cn1)C(=O)C2. The number of rotatable bonds is 18. The molecule has 6 aromatic rings. The average Bonchev–Trinajstić information content (AvgIpc) is 1.21. The number of fused-ring (bicyclic) bond motifs is 2. The summed E-state index contributed by atoms with van der Waals surface area (Å²) in [6, 6.07) is 31.7. The molecule has 12 rings (SSSR count).